The van der Waals surface area contributed by atoms with E-state index in [0.29, 0.717) is 22.2 Å². The van der Waals surface area contributed by atoms with E-state index in [1.165, 1.54) is 4.90 Å². The van der Waals surface area contributed by atoms with Crippen molar-refractivity contribution in [2.75, 3.05) is 4.90 Å². The van der Waals surface area contributed by atoms with Crippen molar-refractivity contribution in [1.82, 2.24) is 0 Å². The second-order valence-corrected chi connectivity index (χ2v) is 7.01. The van der Waals surface area contributed by atoms with Gasteiger partial charge in [0.15, 0.2) is 0 Å². The molecule has 124 valence electrons. The molecule has 0 spiro atoms. The van der Waals surface area contributed by atoms with Gasteiger partial charge in [-0.2, -0.15) is 0 Å². The van der Waals surface area contributed by atoms with Crippen molar-refractivity contribution in [1.29, 1.82) is 0 Å². The van der Waals surface area contributed by atoms with E-state index in [9.17, 15) is 9.59 Å². The maximum atomic E-state index is 12.8. The highest BCUT2D eigenvalue weighted by Crippen LogP contribution is 2.35. The molecule has 0 bridgehead atoms. The van der Waals surface area contributed by atoms with Crippen LogP contribution in [0, 0.1) is 18.8 Å². The van der Waals surface area contributed by atoms with Gasteiger partial charge >= 0.3 is 0 Å². The smallest absolute Gasteiger partial charge is 0.238 e. The molecule has 0 aromatic heterocycles. The number of hydrogen-bond donors (Lipinski definition) is 0. The van der Waals surface area contributed by atoms with Crippen LogP contribution in [-0.2, 0) is 16.0 Å². The lowest BCUT2D eigenvalue weighted by Gasteiger charge is -2.15. The first-order chi connectivity index (χ1) is 11.4. The first-order valence-corrected chi connectivity index (χ1v) is 8.52. The van der Waals surface area contributed by atoms with E-state index in [2.05, 4.69) is 0 Å². The third-order valence-corrected chi connectivity index (χ3v) is 5.23. The van der Waals surface area contributed by atoms with Crippen molar-refractivity contribution < 1.29 is 9.59 Å². The predicted molar refractivity (Wildman–Crippen MR) is 96.5 cm³/mol. The van der Waals surface area contributed by atoms with Gasteiger partial charge < -0.3 is 0 Å². The molecule has 1 aliphatic rings. The number of amides is 2. The lowest BCUT2D eigenvalue weighted by atomic mass is 9.90. The normalized spacial score (nSPS) is 20.8. The predicted octanol–water partition coefficient (Wildman–Crippen LogP) is 4.67. The maximum Gasteiger partial charge on any atom is 0.238 e. The Labute approximate surface area is 151 Å². The standard InChI is InChI=1S/C19H17Cl2NO2/c1-11-3-5-13(6-4-11)9-15-12(2)18(23)22(19(15)24)14-7-8-16(20)17(21)10-14/h3-8,10,12,15H,9H2,1-2H3/t12-,15+/m0/s1. The molecular weight excluding hydrogens is 345 g/mol. The number of benzene rings is 2. The zero-order valence-electron chi connectivity index (χ0n) is 13.4. The van der Waals surface area contributed by atoms with Crippen molar-refractivity contribution in [3.63, 3.8) is 0 Å². The fraction of sp³-hybridized carbons (Fsp3) is 0.263. The number of nitrogens with zero attached hydrogens (tertiary/aromatic N) is 1. The molecule has 2 amide bonds. The highest BCUT2D eigenvalue weighted by atomic mass is 35.5. The molecular formula is C19H17Cl2NO2. The third kappa shape index (κ3) is 3.06. The molecule has 0 radical (unpaired) electrons. The van der Waals surface area contributed by atoms with E-state index >= 15 is 0 Å². The maximum absolute atomic E-state index is 12.8. The second-order valence-electron chi connectivity index (χ2n) is 6.20. The number of anilines is 1. The molecule has 1 saturated heterocycles. The Hall–Kier alpha value is -1.84. The molecule has 2 aromatic carbocycles. The summed E-state index contributed by atoms with van der Waals surface area (Å²) < 4.78 is 0. The van der Waals surface area contributed by atoms with Crippen LogP contribution in [0.3, 0.4) is 0 Å². The minimum Gasteiger partial charge on any atom is -0.274 e. The second kappa shape index (κ2) is 6.58. The lowest BCUT2D eigenvalue weighted by molar-refractivity contribution is -0.122. The largest absolute Gasteiger partial charge is 0.274 e. The Balaban J connectivity index is 1.88. The molecule has 2 atom stereocenters. The molecule has 0 aliphatic carbocycles. The van der Waals surface area contributed by atoms with E-state index in [-0.39, 0.29) is 23.7 Å². The van der Waals surface area contributed by atoms with E-state index < -0.39 is 0 Å². The number of carbonyl (C=O) groups is 2. The SMILES string of the molecule is Cc1ccc(C[C@H]2C(=O)N(c3ccc(Cl)c(Cl)c3)C(=O)[C@H]2C)cc1. The van der Waals surface area contributed by atoms with Crippen LogP contribution in [0.1, 0.15) is 18.1 Å². The molecule has 0 unspecified atom stereocenters. The van der Waals surface area contributed by atoms with E-state index in [1.54, 1.807) is 25.1 Å². The van der Waals surface area contributed by atoms with Crippen molar-refractivity contribution in [3.8, 4) is 0 Å². The van der Waals surface area contributed by atoms with E-state index in [1.807, 2.05) is 31.2 Å². The Kier molecular flexibility index (Phi) is 4.66. The van der Waals surface area contributed by atoms with Crippen LogP contribution in [0.25, 0.3) is 0 Å². The van der Waals surface area contributed by atoms with Gasteiger partial charge in [0.05, 0.1) is 21.7 Å². The number of hydrogen-bond acceptors (Lipinski definition) is 2. The molecule has 0 N–H and O–H groups in total. The highest BCUT2D eigenvalue weighted by Gasteiger charge is 2.45. The number of imide groups is 1. The number of halogens is 2. The summed E-state index contributed by atoms with van der Waals surface area (Å²) in [6, 6.07) is 12.8. The van der Waals surface area contributed by atoms with Crippen LogP contribution >= 0.6 is 23.2 Å². The minimum absolute atomic E-state index is 0.188. The van der Waals surface area contributed by atoms with Gasteiger partial charge in [-0.25, -0.2) is 0 Å². The van der Waals surface area contributed by atoms with Crippen LogP contribution in [0.2, 0.25) is 10.0 Å². The fourth-order valence-corrected chi connectivity index (χ4v) is 3.28. The average Bonchev–Trinajstić information content (AvgIpc) is 2.76. The van der Waals surface area contributed by atoms with Crippen molar-refractivity contribution in [2.24, 2.45) is 11.8 Å². The van der Waals surface area contributed by atoms with Crippen molar-refractivity contribution >= 4 is 40.7 Å². The minimum atomic E-state index is -0.367. The van der Waals surface area contributed by atoms with Gasteiger partial charge in [-0.05, 0) is 37.1 Å². The van der Waals surface area contributed by atoms with Gasteiger partial charge in [0.2, 0.25) is 11.8 Å². The Morgan fingerprint density at radius 3 is 2.25 bits per heavy atom. The van der Waals surface area contributed by atoms with Gasteiger partial charge in [-0.1, -0.05) is 60.0 Å². The van der Waals surface area contributed by atoms with Gasteiger partial charge in [-0.15, -0.1) is 0 Å². The topological polar surface area (TPSA) is 37.4 Å². The summed E-state index contributed by atoms with van der Waals surface area (Å²) in [7, 11) is 0. The van der Waals surface area contributed by atoms with Crippen LogP contribution in [0.15, 0.2) is 42.5 Å². The molecule has 3 rings (SSSR count). The number of carbonyl (C=O) groups excluding carboxylic acids is 2. The molecule has 1 aliphatic heterocycles. The first-order valence-electron chi connectivity index (χ1n) is 7.77. The number of rotatable bonds is 3. The Morgan fingerprint density at radius 1 is 0.958 bits per heavy atom. The summed E-state index contributed by atoms with van der Waals surface area (Å²) in [6.45, 7) is 3.82. The summed E-state index contributed by atoms with van der Waals surface area (Å²) in [5.74, 6) is -1.12. The van der Waals surface area contributed by atoms with Crippen molar-refractivity contribution in [3.05, 3.63) is 63.6 Å². The summed E-state index contributed by atoms with van der Waals surface area (Å²) in [6.07, 6.45) is 0.545. The molecule has 2 aromatic rings. The summed E-state index contributed by atoms with van der Waals surface area (Å²) >= 11 is 11.9. The highest BCUT2D eigenvalue weighted by molar-refractivity contribution is 6.42. The summed E-state index contributed by atoms with van der Waals surface area (Å²) in [5, 5.41) is 0.716. The van der Waals surface area contributed by atoms with Crippen molar-refractivity contribution in [2.45, 2.75) is 20.3 Å². The first kappa shape index (κ1) is 17.0. The monoisotopic (exact) mass is 361 g/mol. The van der Waals surface area contributed by atoms with Gasteiger partial charge in [-0.3, -0.25) is 14.5 Å². The van der Waals surface area contributed by atoms with Crippen LogP contribution < -0.4 is 4.90 Å². The van der Waals surface area contributed by atoms with Gasteiger partial charge in [0.25, 0.3) is 0 Å². The van der Waals surface area contributed by atoms with Gasteiger partial charge in [0, 0.05) is 5.92 Å². The molecule has 1 fully saturated rings. The fourth-order valence-electron chi connectivity index (χ4n) is 2.98. The summed E-state index contributed by atoms with van der Waals surface area (Å²) in [4.78, 5) is 26.6. The Morgan fingerprint density at radius 2 is 1.62 bits per heavy atom. The lowest BCUT2D eigenvalue weighted by Crippen LogP contribution is -2.31. The summed E-state index contributed by atoms with van der Waals surface area (Å²) in [5.41, 5.74) is 2.69. The van der Waals surface area contributed by atoms with Crippen LogP contribution in [0.5, 0.6) is 0 Å². The van der Waals surface area contributed by atoms with E-state index in [4.69, 9.17) is 23.2 Å². The molecule has 3 nitrogen and oxygen atoms in total. The molecule has 5 heteroatoms. The molecule has 0 saturated carbocycles. The quantitative estimate of drug-likeness (QED) is 0.744. The average molecular weight is 362 g/mol. The van der Waals surface area contributed by atoms with Crippen LogP contribution in [0.4, 0.5) is 5.69 Å². The number of aryl methyl sites for hydroxylation is 1. The van der Waals surface area contributed by atoms with E-state index in [0.717, 1.165) is 11.1 Å². The molecule has 1 heterocycles. The molecule has 24 heavy (non-hydrogen) atoms. The Bertz CT molecular complexity index is 802. The van der Waals surface area contributed by atoms with Crippen LogP contribution in [-0.4, -0.2) is 11.8 Å². The zero-order chi connectivity index (χ0) is 17.4. The zero-order valence-corrected chi connectivity index (χ0v) is 14.9. The van der Waals surface area contributed by atoms with Gasteiger partial charge in [0.1, 0.15) is 0 Å². The third-order valence-electron chi connectivity index (χ3n) is 4.49.